The number of hydrogen-bond donors (Lipinski definition) is 0. The summed E-state index contributed by atoms with van der Waals surface area (Å²) in [6.45, 7) is 7.21. The van der Waals surface area contributed by atoms with E-state index in [-0.39, 0.29) is 6.04 Å². The molecule has 142 valence electrons. The molecule has 2 aromatic heterocycles. The van der Waals surface area contributed by atoms with Gasteiger partial charge in [0.1, 0.15) is 0 Å². The fourth-order valence-electron chi connectivity index (χ4n) is 3.98. The SMILES string of the molecule is COC[C@@H]1CCCN1Cc1csc2c(N3CCOC[C@@H]3C)nc(Cl)nc12. The van der Waals surface area contributed by atoms with E-state index in [9.17, 15) is 0 Å². The number of hydrogen-bond acceptors (Lipinski definition) is 7. The fourth-order valence-corrected chi connectivity index (χ4v) is 5.14. The summed E-state index contributed by atoms with van der Waals surface area (Å²) in [7, 11) is 1.78. The van der Waals surface area contributed by atoms with Crippen LogP contribution >= 0.6 is 22.9 Å². The van der Waals surface area contributed by atoms with Gasteiger partial charge in [0.05, 0.1) is 36.1 Å². The first-order valence-corrected chi connectivity index (χ1v) is 10.4. The zero-order valence-electron chi connectivity index (χ0n) is 15.3. The maximum Gasteiger partial charge on any atom is 0.224 e. The van der Waals surface area contributed by atoms with Crippen LogP contribution < -0.4 is 4.90 Å². The normalized spacial score (nSPS) is 24.7. The summed E-state index contributed by atoms with van der Waals surface area (Å²) >= 11 is 8.02. The van der Waals surface area contributed by atoms with Crippen molar-refractivity contribution < 1.29 is 9.47 Å². The van der Waals surface area contributed by atoms with Crippen molar-refractivity contribution >= 4 is 39.0 Å². The average molecular weight is 397 g/mol. The lowest BCUT2D eigenvalue weighted by atomic mass is 10.2. The van der Waals surface area contributed by atoms with E-state index < -0.39 is 0 Å². The zero-order valence-corrected chi connectivity index (χ0v) is 16.9. The van der Waals surface area contributed by atoms with Crippen LogP contribution in [0.1, 0.15) is 25.3 Å². The van der Waals surface area contributed by atoms with Crippen molar-refractivity contribution in [3.8, 4) is 0 Å². The Kier molecular flexibility index (Phi) is 5.61. The van der Waals surface area contributed by atoms with E-state index in [1.165, 1.54) is 18.4 Å². The summed E-state index contributed by atoms with van der Waals surface area (Å²) < 4.78 is 12.1. The van der Waals surface area contributed by atoms with Gasteiger partial charge < -0.3 is 14.4 Å². The third kappa shape index (κ3) is 3.55. The molecule has 8 heteroatoms. The van der Waals surface area contributed by atoms with E-state index in [1.807, 2.05) is 0 Å². The zero-order chi connectivity index (χ0) is 18.1. The van der Waals surface area contributed by atoms with Gasteiger partial charge in [-0.3, -0.25) is 4.90 Å². The number of rotatable bonds is 5. The van der Waals surface area contributed by atoms with E-state index in [1.54, 1.807) is 18.4 Å². The topological polar surface area (TPSA) is 50.7 Å². The van der Waals surface area contributed by atoms with E-state index >= 15 is 0 Å². The van der Waals surface area contributed by atoms with Crippen molar-refractivity contribution in [1.29, 1.82) is 0 Å². The Morgan fingerprint density at radius 2 is 2.27 bits per heavy atom. The van der Waals surface area contributed by atoms with E-state index in [0.29, 0.717) is 17.9 Å². The molecule has 0 aromatic carbocycles. The van der Waals surface area contributed by atoms with Gasteiger partial charge in [-0.05, 0) is 43.3 Å². The number of ether oxygens (including phenoxy) is 2. The number of morpholine rings is 1. The highest BCUT2D eigenvalue weighted by atomic mass is 35.5. The van der Waals surface area contributed by atoms with Crippen molar-refractivity contribution in [3.63, 3.8) is 0 Å². The van der Waals surface area contributed by atoms with Crippen LogP contribution in [-0.4, -0.2) is 67.0 Å². The average Bonchev–Trinajstić information content (AvgIpc) is 3.23. The third-order valence-corrected chi connectivity index (χ3v) is 6.50. The summed E-state index contributed by atoms with van der Waals surface area (Å²) in [5, 5.41) is 2.53. The van der Waals surface area contributed by atoms with Gasteiger partial charge in [0.25, 0.3) is 0 Å². The van der Waals surface area contributed by atoms with Crippen LogP contribution in [0.5, 0.6) is 0 Å². The maximum absolute atomic E-state index is 6.31. The molecule has 0 spiro atoms. The van der Waals surface area contributed by atoms with Crippen LogP contribution in [-0.2, 0) is 16.0 Å². The number of methoxy groups -OCH3 is 1. The molecule has 0 amide bonds. The quantitative estimate of drug-likeness (QED) is 0.723. The molecule has 2 aliphatic heterocycles. The molecule has 2 aromatic rings. The predicted molar refractivity (Wildman–Crippen MR) is 105 cm³/mol. The Labute approximate surface area is 163 Å². The van der Waals surface area contributed by atoms with Crippen LogP contribution in [0.25, 0.3) is 10.2 Å². The van der Waals surface area contributed by atoms with Crippen molar-refractivity contribution in [3.05, 3.63) is 16.2 Å². The molecule has 0 aliphatic carbocycles. The number of halogens is 1. The standard InChI is InChI=1S/C18H25ClN4O2S/c1-12-9-25-7-6-23(12)17-16-15(20-18(19)21-17)13(11-26-16)8-22-5-3-4-14(22)10-24-2/h11-12,14H,3-10H2,1-2H3/t12-,14-/m0/s1. The molecular weight excluding hydrogens is 372 g/mol. The van der Waals surface area contributed by atoms with Crippen LogP contribution in [0.15, 0.2) is 5.38 Å². The highest BCUT2D eigenvalue weighted by Gasteiger charge is 2.28. The van der Waals surface area contributed by atoms with Crippen molar-refractivity contribution in [1.82, 2.24) is 14.9 Å². The monoisotopic (exact) mass is 396 g/mol. The van der Waals surface area contributed by atoms with Crippen molar-refractivity contribution in [2.75, 3.05) is 44.9 Å². The molecule has 0 saturated carbocycles. The largest absolute Gasteiger partial charge is 0.383 e. The Bertz CT molecular complexity index is 771. The first-order chi connectivity index (χ1) is 12.7. The van der Waals surface area contributed by atoms with Gasteiger partial charge in [-0.25, -0.2) is 4.98 Å². The molecule has 2 fully saturated rings. The maximum atomic E-state index is 6.31. The fraction of sp³-hybridized carbons (Fsp3) is 0.667. The Morgan fingerprint density at radius 1 is 1.38 bits per heavy atom. The molecular formula is C18H25ClN4O2S. The Balaban J connectivity index is 1.65. The second-order valence-corrected chi connectivity index (χ2v) is 8.31. The Hall–Kier alpha value is -0.990. The summed E-state index contributed by atoms with van der Waals surface area (Å²) in [6.07, 6.45) is 2.42. The van der Waals surface area contributed by atoms with Gasteiger partial charge >= 0.3 is 0 Å². The lowest BCUT2D eigenvalue weighted by Crippen LogP contribution is -2.44. The van der Waals surface area contributed by atoms with Gasteiger partial charge in [-0.15, -0.1) is 11.3 Å². The molecule has 4 rings (SSSR count). The second-order valence-electron chi connectivity index (χ2n) is 7.09. The number of aromatic nitrogens is 2. The molecule has 6 nitrogen and oxygen atoms in total. The van der Waals surface area contributed by atoms with Crippen molar-refractivity contribution in [2.24, 2.45) is 0 Å². The van der Waals surface area contributed by atoms with Crippen LogP contribution in [0, 0.1) is 0 Å². The number of likely N-dealkylation sites (tertiary alicyclic amines) is 1. The molecule has 4 heterocycles. The van der Waals surface area contributed by atoms with Crippen molar-refractivity contribution in [2.45, 2.75) is 38.4 Å². The van der Waals surface area contributed by atoms with Crippen LogP contribution in [0.2, 0.25) is 5.28 Å². The molecule has 2 atom stereocenters. The van der Waals surface area contributed by atoms with Gasteiger partial charge in [0.2, 0.25) is 5.28 Å². The van der Waals surface area contributed by atoms with E-state index in [2.05, 4.69) is 32.1 Å². The number of nitrogens with zero attached hydrogens (tertiary/aromatic N) is 4. The smallest absolute Gasteiger partial charge is 0.224 e. The van der Waals surface area contributed by atoms with Gasteiger partial charge in [-0.2, -0.15) is 4.98 Å². The van der Waals surface area contributed by atoms with Gasteiger partial charge in [0.15, 0.2) is 5.82 Å². The summed E-state index contributed by atoms with van der Waals surface area (Å²) in [5.74, 6) is 0.946. The van der Waals surface area contributed by atoms with Gasteiger partial charge in [0, 0.05) is 31.8 Å². The molecule has 0 N–H and O–H groups in total. The number of fused-ring (bicyclic) bond motifs is 1. The highest BCUT2D eigenvalue weighted by Crippen LogP contribution is 2.35. The lowest BCUT2D eigenvalue weighted by Gasteiger charge is -2.34. The van der Waals surface area contributed by atoms with Crippen LogP contribution in [0.3, 0.4) is 0 Å². The highest BCUT2D eigenvalue weighted by molar-refractivity contribution is 7.18. The minimum Gasteiger partial charge on any atom is -0.383 e. The first kappa shape index (κ1) is 18.4. The minimum absolute atomic E-state index is 0.285. The second kappa shape index (κ2) is 7.94. The summed E-state index contributed by atoms with van der Waals surface area (Å²) in [5.41, 5.74) is 2.23. The number of thiophene rings is 1. The van der Waals surface area contributed by atoms with Crippen LogP contribution in [0.4, 0.5) is 5.82 Å². The summed E-state index contributed by atoms with van der Waals surface area (Å²) in [4.78, 5) is 13.9. The molecule has 0 radical (unpaired) electrons. The van der Waals surface area contributed by atoms with Gasteiger partial charge in [-0.1, -0.05) is 0 Å². The van der Waals surface area contributed by atoms with E-state index in [0.717, 1.165) is 48.9 Å². The Morgan fingerprint density at radius 3 is 3.08 bits per heavy atom. The lowest BCUT2D eigenvalue weighted by molar-refractivity contribution is 0.0987. The first-order valence-electron chi connectivity index (χ1n) is 9.18. The number of anilines is 1. The molecule has 2 aliphatic rings. The van der Waals surface area contributed by atoms with E-state index in [4.69, 9.17) is 21.1 Å². The summed E-state index contributed by atoms with van der Waals surface area (Å²) in [6, 6.07) is 0.777. The molecule has 2 saturated heterocycles. The molecule has 0 unspecified atom stereocenters. The minimum atomic E-state index is 0.285. The predicted octanol–water partition coefficient (Wildman–Crippen LogP) is 3.18. The molecule has 0 bridgehead atoms. The third-order valence-electron chi connectivity index (χ3n) is 5.31. The molecule has 26 heavy (non-hydrogen) atoms.